The SMILES string of the molecule is CC[C@@H](NCC1(C(N)=O)CCOCC1)c1cccc(Cl)c1F. The lowest BCUT2D eigenvalue weighted by molar-refractivity contribution is -0.133. The van der Waals surface area contributed by atoms with Gasteiger partial charge in [-0.25, -0.2) is 4.39 Å². The van der Waals surface area contributed by atoms with Crippen LogP contribution in [0.4, 0.5) is 4.39 Å². The van der Waals surface area contributed by atoms with Gasteiger partial charge in [-0.05, 0) is 25.3 Å². The van der Waals surface area contributed by atoms with Crippen molar-refractivity contribution in [2.24, 2.45) is 11.1 Å². The molecule has 0 radical (unpaired) electrons. The number of hydrogen-bond donors (Lipinski definition) is 2. The Morgan fingerprint density at radius 3 is 2.77 bits per heavy atom. The molecule has 1 aromatic carbocycles. The Hall–Kier alpha value is -1.17. The van der Waals surface area contributed by atoms with Crippen molar-refractivity contribution in [3.8, 4) is 0 Å². The van der Waals surface area contributed by atoms with Crippen molar-refractivity contribution in [3.63, 3.8) is 0 Å². The average Bonchev–Trinajstić information content (AvgIpc) is 2.52. The molecule has 0 aromatic heterocycles. The zero-order valence-corrected chi connectivity index (χ0v) is 13.5. The fourth-order valence-electron chi connectivity index (χ4n) is 2.85. The average molecular weight is 329 g/mol. The molecule has 1 fully saturated rings. The molecule has 1 amide bonds. The van der Waals surface area contributed by atoms with Gasteiger partial charge in [0.1, 0.15) is 5.82 Å². The van der Waals surface area contributed by atoms with Crippen LogP contribution >= 0.6 is 11.6 Å². The summed E-state index contributed by atoms with van der Waals surface area (Å²) < 4.78 is 19.5. The molecule has 3 N–H and O–H groups in total. The maximum Gasteiger partial charge on any atom is 0.225 e. The second-order valence-electron chi connectivity index (χ2n) is 5.74. The fraction of sp³-hybridized carbons (Fsp3) is 0.562. The van der Waals surface area contributed by atoms with E-state index in [2.05, 4.69) is 5.32 Å². The summed E-state index contributed by atoms with van der Waals surface area (Å²) in [6.45, 7) is 3.41. The molecule has 0 bridgehead atoms. The molecule has 0 aliphatic carbocycles. The Kier molecular flexibility index (Phi) is 5.78. The minimum absolute atomic E-state index is 0.105. The summed E-state index contributed by atoms with van der Waals surface area (Å²) in [5, 5.41) is 3.40. The largest absolute Gasteiger partial charge is 0.381 e. The van der Waals surface area contributed by atoms with Gasteiger partial charge in [-0.2, -0.15) is 0 Å². The highest BCUT2D eigenvalue weighted by Gasteiger charge is 2.38. The van der Waals surface area contributed by atoms with Gasteiger partial charge in [0.15, 0.2) is 0 Å². The monoisotopic (exact) mass is 328 g/mol. The number of nitrogens with two attached hydrogens (primary N) is 1. The molecule has 0 spiro atoms. The number of amides is 1. The number of carbonyl (C=O) groups excluding carboxylic acids is 1. The van der Waals surface area contributed by atoms with Crippen LogP contribution in [0.2, 0.25) is 5.02 Å². The maximum absolute atomic E-state index is 14.2. The van der Waals surface area contributed by atoms with Crippen molar-refractivity contribution in [2.75, 3.05) is 19.8 Å². The molecule has 2 rings (SSSR count). The smallest absolute Gasteiger partial charge is 0.225 e. The standard InChI is InChI=1S/C16H22ClFN2O2/c1-2-13(11-4-3-5-12(17)14(11)18)20-10-16(15(19)21)6-8-22-9-7-16/h3-5,13,20H,2,6-10H2,1H3,(H2,19,21)/t13-/m1/s1. The summed E-state index contributed by atoms with van der Waals surface area (Å²) in [5.74, 6) is -0.742. The molecule has 1 aliphatic rings. The second-order valence-corrected chi connectivity index (χ2v) is 6.15. The molecular weight excluding hydrogens is 307 g/mol. The van der Waals surface area contributed by atoms with Gasteiger partial charge in [-0.3, -0.25) is 4.79 Å². The van der Waals surface area contributed by atoms with E-state index in [0.717, 1.165) is 0 Å². The molecule has 0 unspecified atom stereocenters. The Balaban J connectivity index is 2.13. The molecule has 0 saturated carbocycles. The van der Waals surface area contributed by atoms with Gasteiger partial charge in [0.2, 0.25) is 5.91 Å². The van der Waals surface area contributed by atoms with Crippen LogP contribution in [0.5, 0.6) is 0 Å². The number of benzene rings is 1. The number of halogens is 2. The predicted octanol–water partition coefficient (Wildman–Crippen LogP) is 2.80. The lowest BCUT2D eigenvalue weighted by atomic mass is 9.79. The van der Waals surface area contributed by atoms with E-state index in [1.165, 1.54) is 6.07 Å². The number of rotatable bonds is 6. The summed E-state index contributed by atoms with van der Waals surface area (Å²) in [6.07, 6.45) is 1.86. The van der Waals surface area contributed by atoms with Crippen molar-refractivity contribution in [1.82, 2.24) is 5.32 Å². The molecular formula is C16H22ClFN2O2. The first-order valence-electron chi connectivity index (χ1n) is 7.55. The maximum atomic E-state index is 14.2. The quantitative estimate of drug-likeness (QED) is 0.844. The van der Waals surface area contributed by atoms with Gasteiger partial charge in [-0.15, -0.1) is 0 Å². The Morgan fingerprint density at radius 2 is 2.18 bits per heavy atom. The first kappa shape index (κ1) is 17.2. The minimum Gasteiger partial charge on any atom is -0.381 e. The van der Waals surface area contributed by atoms with Crippen LogP contribution in [-0.2, 0) is 9.53 Å². The Labute approximate surface area is 135 Å². The van der Waals surface area contributed by atoms with Crippen LogP contribution in [-0.4, -0.2) is 25.7 Å². The molecule has 6 heteroatoms. The van der Waals surface area contributed by atoms with Crippen LogP contribution < -0.4 is 11.1 Å². The van der Waals surface area contributed by atoms with E-state index in [9.17, 15) is 9.18 Å². The van der Waals surface area contributed by atoms with E-state index >= 15 is 0 Å². The van der Waals surface area contributed by atoms with E-state index < -0.39 is 11.2 Å². The van der Waals surface area contributed by atoms with E-state index in [0.29, 0.717) is 44.6 Å². The molecule has 1 aliphatic heterocycles. The summed E-state index contributed by atoms with van der Waals surface area (Å²) in [5.41, 5.74) is 5.48. The molecule has 122 valence electrons. The number of nitrogens with one attached hydrogen (secondary N) is 1. The van der Waals surface area contributed by atoms with Crippen LogP contribution in [0.1, 0.15) is 37.8 Å². The molecule has 1 aromatic rings. The number of carbonyl (C=O) groups is 1. The van der Waals surface area contributed by atoms with E-state index in [1.54, 1.807) is 12.1 Å². The van der Waals surface area contributed by atoms with Gasteiger partial charge < -0.3 is 15.8 Å². The lowest BCUT2D eigenvalue weighted by Crippen LogP contribution is -2.49. The summed E-state index contributed by atoms with van der Waals surface area (Å²) >= 11 is 5.85. The third-order valence-corrected chi connectivity index (χ3v) is 4.72. The van der Waals surface area contributed by atoms with Gasteiger partial charge in [0, 0.05) is 31.4 Å². The Morgan fingerprint density at radius 1 is 1.50 bits per heavy atom. The normalized spacial score (nSPS) is 18.9. The van der Waals surface area contributed by atoms with Crippen LogP contribution in [0.25, 0.3) is 0 Å². The highest BCUT2D eigenvalue weighted by atomic mass is 35.5. The van der Waals surface area contributed by atoms with Gasteiger partial charge in [0.25, 0.3) is 0 Å². The second kappa shape index (κ2) is 7.40. The van der Waals surface area contributed by atoms with Gasteiger partial charge >= 0.3 is 0 Å². The van der Waals surface area contributed by atoms with E-state index in [4.69, 9.17) is 22.1 Å². The third kappa shape index (κ3) is 3.59. The summed E-state index contributed by atoms with van der Waals surface area (Å²) in [4.78, 5) is 11.9. The molecule has 1 atom stereocenters. The number of primary amides is 1. The highest BCUT2D eigenvalue weighted by molar-refractivity contribution is 6.30. The topological polar surface area (TPSA) is 64.3 Å². The third-order valence-electron chi connectivity index (χ3n) is 4.42. The molecule has 1 saturated heterocycles. The number of hydrogen-bond acceptors (Lipinski definition) is 3. The fourth-order valence-corrected chi connectivity index (χ4v) is 3.04. The number of ether oxygens (including phenoxy) is 1. The summed E-state index contributed by atoms with van der Waals surface area (Å²) in [6, 6.07) is 4.75. The van der Waals surface area contributed by atoms with E-state index in [1.807, 2.05) is 6.92 Å². The predicted molar refractivity (Wildman–Crippen MR) is 84.1 cm³/mol. The van der Waals surface area contributed by atoms with Crippen molar-refractivity contribution in [1.29, 1.82) is 0 Å². The summed E-state index contributed by atoms with van der Waals surface area (Å²) in [7, 11) is 0. The van der Waals surface area contributed by atoms with Crippen molar-refractivity contribution in [2.45, 2.75) is 32.2 Å². The van der Waals surface area contributed by atoms with Crippen LogP contribution in [0.3, 0.4) is 0 Å². The Bertz CT molecular complexity index is 533. The van der Waals surface area contributed by atoms with Crippen molar-refractivity contribution in [3.05, 3.63) is 34.6 Å². The van der Waals surface area contributed by atoms with E-state index in [-0.39, 0.29) is 17.0 Å². The molecule has 4 nitrogen and oxygen atoms in total. The van der Waals surface area contributed by atoms with Crippen LogP contribution in [0, 0.1) is 11.2 Å². The van der Waals surface area contributed by atoms with Gasteiger partial charge in [-0.1, -0.05) is 30.7 Å². The van der Waals surface area contributed by atoms with Gasteiger partial charge in [0.05, 0.1) is 10.4 Å². The van der Waals surface area contributed by atoms with Crippen LogP contribution in [0.15, 0.2) is 18.2 Å². The zero-order chi connectivity index (χ0) is 16.2. The van der Waals surface area contributed by atoms with Crippen molar-refractivity contribution < 1.29 is 13.9 Å². The van der Waals surface area contributed by atoms with Crippen molar-refractivity contribution >= 4 is 17.5 Å². The lowest BCUT2D eigenvalue weighted by Gasteiger charge is -2.35. The zero-order valence-electron chi connectivity index (χ0n) is 12.7. The highest BCUT2D eigenvalue weighted by Crippen LogP contribution is 2.31. The molecule has 1 heterocycles. The minimum atomic E-state index is -0.624. The first-order valence-corrected chi connectivity index (χ1v) is 7.93. The first-order chi connectivity index (χ1) is 10.5. The molecule has 22 heavy (non-hydrogen) atoms.